The predicted octanol–water partition coefficient (Wildman–Crippen LogP) is 6.83. The molecule has 0 spiro atoms. The topological polar surface area (TPSA) is 75.6 Å². The number of carbonyl (C=O) groups excluding carboxylic acids is 1. The fourth-order valence-electron chi connectivity index (χ4n) is 7.82. The Balaban J connectivity index is 1.36. The van der Waals surface area contributed by atoms with Gasteiger partial charge in [0.1, 0.15) is 11.8 Å². The van der Waals surface area contributed by atoms with Gasteiger partial charge in [-0.15, -0.1) is 0 Å². The number of nitrogens with one attached hydrogen (secondary N) is 1. The first-order valence-electron chi connectivity index (χ1n) is 14.1. The van der Waals surface area contributed by atoms with Crippen LogP contribution >= 0.6 is 11.8 Å². The lowest BCUT2D eigenvalue weighted by molar-refractivity contribution is -0.139. The van der Waals surface area contributed by atoms with Crippen LogP contribution in [0.25, 0.3) is 11.1 Å². The zero-order chi connectivity index (χ0) is 26.9. The van der Waals surface area contributed by atoms with Crippen LogP contribution in [0.5, 0.6) is 5.75 Å². The van der Waals surface area contributed by atoms with Gasteiger partial charge in [-0.3, -0.25) is 4.79 Å². The maximum Gasteiger partial charge on any atom is 0.326 e. The molecule has 2 N–H and O–H groups in total. The molecule has 1 amide bonds. The van der Waals surface area contributed by atoms with Crippen molar-refractivity contribution < 1.29 is 19.4 Å². The third-order valence-electron chi connectivity index (χ3n) is 9.52. The lowest BCUT2D eigenvalue weighted by Crippen LogP contribution is -2.50. The quantitative estimate of drug-likeness (QED) is 0.330. The minimum Gasteiger partial charge on any atom is -0.493 e. The Hall–Kier alpha value is -2.47. The maximum absolute atomic E-state index is 13.3. The molecule has 2 aromatic rings. The number of benzene rings is 2. The van der Waals surface area contributed by atoms with Crippen LogP contribution in [-0.2, 0) is 4.79 Å². The Morgan fingerprint density at radius 3 is 2.32 bits per heavy atom. The molecule has 5 nitrogen and oxygen atoms in total. The van der Waals surface area contributed by atoms with Crippen LogP contribution in [0.3, 0.4) is 0 Å². The molecule has 0 radical (unpaired) electrons. The summed E-state index contributed by atoms with van der Waals surface area (Å²) in [6, 6.07) is 12.7. The summed E-state index contributed by atoms with van der Waals surface area (Å²) in [5, 5.41) is 12.4. The number of amides is 1. The molecular weight excluding hydrogens is 494 g/mol. The average molecular weight is 536 g/mol. The van der Waals surface area contributed by atoms with E-state index >= 15 is 0 Å². The molecule has 6 rings (SSSR count). The number of carboxylic acid groups (broad SMARTS) is 1. The highest BCUT2D eigenvalue weighted by atomic mass is 32.2. The van der Waals surface area contributed by atoms with Crippen molar-refractivity contribution in [3.63, 3.8) is 0 Å². The van der Waals surface area contributed by atoms with Crippen LogP contribution in [0.1, 0.15) is 67.8 Å². The Morgan fingerprint density at radius 2 is 1.71 bits per heavy atom. The molecule has 0 saturated heterocycles. The molecule has 0 heterocycles. The number of aliphatic carboxylic acids is 1. The van der Waals surface area contributed by atoms with Gasteiger partial charge in [0.25, 0.3) is 5.91 Å². The Morgan fingerprint density at radius 1 is 1.05 bits per heavy atom. The van der Waals surface area contributed by atoms with E-state index in [4.69, 9.17) is 4.74 Å². The van der Waals surface area contributed by atoms with E-state index in [1.54, 1.807) is 17.8 Å². The molecular formula is C32H41NO4S. The summed E-state index contributed by atoms with van der Waals surface area (Å²) in [5.74, 6) is 3.28. The van der Waals surface area contributed by atoms with E-state index in [-0.39, 0.29) is 5.91 Å². The summed E-state index contributed by atoms with van der Waals surface area (Å²) < 4.78 is 6.44. The summed E-state index contributed by atoms with van der Waals surface area (Å²) in [4.78, 5) is 25.1. The average Bonchev–Trinajstić information content (AvgIpc) is 2.88. The number of aryl methyl sites for hydroxylation is 1. The fourth-order valence-corrected chi connectivity index (χ4v) is 8.29. The fraction of sp³-hybridized carbons (Fsp3) is 0.562. The monoisotopic (exact) mass is 535 g/mol. The van der Waals surface area contributed by atoms with Crippen molar-refractivity contribution in [2.24, 2.45) is 29.1 Å². The highest BCUT2D eigenvalue weighted by molar-refractivity contribution is 7.98. The molecule has 4 bridgehead atoms. The van der Waals surface area contributed by atoms with Crippen molar-refractivity contribution >= 4 is 23.6 Å². The third kappa shape index (κ3) is 5.61. The van der Waals surface area contributed by atoms with Crippen LogP contribution in [-0.4, -0.2) is 41.6 Å². The van der Waals surface area contributed by atoms with E-state index in [9.17, 15) is 14.7 Å². The van der Waals surface area contributed by atoms with Crippen LogP contribution in [0.2, 0.25) is 0 Å². The van der Waals surface area contributed by atoms with Crippen molar-refractivity contribution in [3.8, 4) is 16.9 Å². The van der Waals surface area contributed by atoms with Gasteiger partial charge in [0.15, 0.2) is 0 Å². The van der Waals surface area contributed by atoms with Gasteiger partial charge < -0.3 is 15.2 Å². The summed E-state index contributed by atoms with van der Waals surface area (Å²) >= 11 is 1.57. The first-order valence-corrected chi connectivity index (χ1v) is 15.5. The van der Waals surface area contributed by atoms with E-state index in [1.807, 2.05) is 49.6 Å². The molecule has 0 aromatic heterocycles. The van der Waals surface area contributed by atoms with Gasteiger partial charge in [-0.2, -0.15) is 11.8 Å². The van der Waals surface area contributed by atoms with E-state index < -0.39 is 12.0 Å². The van der Waals surface area contributed by atoms with Crippen molar-refractivity contribution in [1.82, 2.24) is 5.32 Å². The predicted molar refractivity (Wildman–Crippen MR) is 154 cm³/mol. The largest absolute Gasteiger partial charge is 0.493 e. The second-order valence-corrected chi connectivity index (χ2v) is 13.1. The zero-order valence-electron chi connectivity index (χ0n) is 22.9. The lowest BCUT2D eigenvalue weighted by Gasteiger charge is -2.59. The smallest absolute Gasteiger partial charge is 0.326 e. The van der Waals surface area contributed by atoms with E-state index in [1.165, 1.54) is 38.5 Å². The van der Waals surface area contributed by atoms with Gasteiger partial charge in [0.05, 0.1) is 6.61 Å². The van der Waals surface area contributed by atoms with Crippen LogP contribution in [0.4, 0.5) is 0 Å². The molecule has 204 valence electrons. The second kappa shape index (κ2) is 11.3. The molecule has 4 fully saturated rings. The van der Waals surface area contributed by atoms with Crippen molar-refractivity contribution in [1.29, 1.82) is 0 Å². The summed E-state index contributed by atoms with van der Waals surface area (Å²) in [5.41, 5.74) is 3.67. The first kappa shape index (κ1) is 27.1. The molecule has 4 aliphatic carbocycles. The lowest BCUT2D eigenvalue weighted by atomic mass is 9.47. The van der Waals surface area contributed by atoms with Crippen LogP contribution in [0, 0.1) is 36.0 Å². The number of hydrogen-bond acceptors (Lipinski definition) is 4. The van der Waals surface area contributed by atoms with E-state index in [0.29, 0.717) is 35.7 Å². The molecule has 2 unspecified atom stereocenters. The number of carboxylic acids is 1. The van der Waals surface area contributed by atoms with E-state index in [2.05, 4.69) is 12.2 Å². The normalized spacial score (nSPS) is 27.1. The van der Waals surface area contributed by atoms with Gasteiger partial charge >= 0.3 is 5.97 Å². The van der Waals surface area contributed by atoms with E-state index in [0.717, 1.165) is 40.2 Å². The maximum atomic E-state index is 13.3. The Bertz CT molecular complexity index is 1140. The minimum absolute atomic E-state index is 0.370. The number of hydrogen-bond donors (Lipinski definition) is 2. The number of carbonyl (C=O) groups is 2. The summed E-state index contributed by atoms with van der Waals surface area (Å²) in [6.07, 6.45) is 10.7. The Labute approximate surface area is 231 Å². The summed E-state index contributed by atoms with van der Waals surface area (Å²) in [7, 11) is 0. The van der Waals surface area contributed by atoms with Crippen molar-refractivity contribution in [2.45, 2.75) is 64.8 Å². The standard InChI is InChI=1S/C32H41NO4S/c1-20-6-4-5-7-26(20)28-15-25(8-9-27(28)30(34)33-29(31(35)36)10-11-38-3)37-19-21(2)32-16-22-12-23(17-32)14-24(13-22)18-32/h4-9,15,21-24,29H,10-14,16-19H2,1-3H3,(H,33,34)(H,35,36). The van der Waals surface area contributed by atoms with Gasteiger partial charge in [0.2, 0.25) is 0 Å². The third-order valence-corrected chi connectivity index (χ3v) is 10.2. The zero-order valence-corrected chi connectivity index (χ0v) is 23.7. The van der Waals surface area contributed by atoms with Gasteiger partial charge in [-0.1, -0.05) is 31.2 Å². The number of ether oxygens (including phenoxy) is 1. The first-order chi connectivity index (χ1) is 18.3. The molecule has 2 aromatic carbocycles. The van der Waals surface area contributed by atoms with Crippen molar-refractivity contribution in [2.75, 3.05) is 18.6 Å². The van der Waals surface area contributed by atoms with Gasteiger partial charge in [0, 0.05) is 5.56 Å². The molecule has 4 saturated carbocycles. The molecule has 6 heteroatoms. The Kier molecular flexibility index (Phi) is 8.08. The van der Waals surface area contributed by atoms with Gasteiger partial charge in [-0.05, 0) is 128 Å². The molecule has 4 aliphatic rings. The van der Waals surface area contributed by atoms with Gasteiger partial charge in [-0.25, -0.2) is 4.79 Å². The second-order valence-electron chi connectivity index (χ2n) is 12.2. The number of rotatable bonds is 11. The number of thioether (sulfide) groups is 1. The molecule has 0 aliphatic heterocycles. The van der Waals surface area contributed by atoms with Crippen LogP contribution in [0.15, 0.2) is 42.5 Å². The highest BCUT2D eigenvalue weighted by Gasteiger charge is 2.53. The summed E-state index contributed by atoms with van der Waals surface area (Å²) in [6.45, 7) is 5.08. The molecule has 38 heavy (non-hydrogen) atoms. The minimum atomic E-state index is -1.01. The van der Waals surface area contributed by atoms with Crippen LogP contribution < -0.4 is 10.1 Å². The molecule has 2 atom stereocenters. The van der Waals surface area contributed by atoms with Crippen molar-refractivity contribution in [3.05, 3.63) is 53.6 Å². The SMILES string of the molecule is CSCCC(NC(=O)c1ccc(OCC(C)C23CC4CC(CC(C4)C2)C3)cc1-c1ccccc1C)C(=O)O. The highest BCUT2D eigenvalue weighted by Crippen LogP contribution is 2.62.